The fraction of sp³-hybridized carbons (Fsp3) is 0.188. The van der Waals surface area contributed by atoms with Gasteiger partial charge in [-0.3, -0.25) is 9.52 Å². The minimum Gasteiger partial charge on any atom is -0.352 e. The number of halogens is 2. The van der Waals surface area contributed by atoms with Crippen molar-refractivity contribution in [3.05, 3.63) is 58.1 Å². The molecule has 0 unspecified atom stereocenters. The minimum absolute atomic E-state index is 0.0684. The number of sulfonamides is 1. The topological polar surface area (TPSA) is 75.3 Å². The van der Waals surface area contributed by atoms with E-state index in [1.165, 1.54) is 42.5 Å². The summed E-state index contributed by atoms with van der Waals surface area (Å²) in [6.45, 7) is 2.44. The Morgan fingerprint density at radius 1 is 1.08 bits per heavy atom. The molecule has 1 amide bonds. The average Bonchev–Trinajstić information content (AvgIpc) is 2.54. The lowest BCUT2D eigenvalue weighted by Gasteiger charge is -2.11. The van der Waals surface area contributed by atoms with Crippen molar-refractivity contribution in [3.8, 4) is 0 Å². The van der Waals surface area contributed by atoms with E-state index < -0.39 is 10.0 Å². The maximum Gasteiger partial charge on any atom is 0.261 e. The van der Waals surface area contributed by atoms with Crippen LogP contribution in [-0.4, -0.2) is 20.9 Å². The van der Waals surface area contributed by atoms with Gasteiger partial charge >= 0.3 is 0 Å². The van der Waals surface area contributed by atoms with Gasteiger partial charge in [0.2, 0.25) is 0 Å². The second-order valence-electron chi connectivity index (χ2n) is 5.01. The van der Waals surface area contributed by atoms with Gasteiger partial charge in [0.05, 0.1) is 15.5 Å². The van der Waals surface area contributed by atoms with Crippen molar-refractivity contribution in [3.63, 3.8) is 0 Å². The van der Waals surface area contributed by atoms with Gasteiger partial charge in [0.15, 0.2) is 0 Å². The molecule has 5 nitrogen and oxygen atoms in total. The van der Waals surface area contributed by atoms with Gasteiger partial charge in [-0.25, -0.2) is 8.42 Å². The Morgan fingerprint density at radius 3 is 2.38 bits per heavy atom. The SMILES string of the molecule is CCCNC(=O)c1cc(NS(=O)(=O)c2ccc(Cl)cc2)ccc1Cl. The number of anilines is 1. The van der Waals surface area contributed by atoms with Crippen molar-refractivity contribution in [2.75, 3.05) is 11.3 Å². The molecule has 2 rings (SSSR count). The fourth-order valence-corrected chi connectivity index (χ4v) is 3.30. The predicted octanol–water partition coefficient (Wildman–Crippen LogP) is 3.93. The van der Waals surface area contributed by atoms with Crippen LogP contribution in [-0.2, 0) is 10.0 Å². The molecule has 2 N–H and O–H groups in total. The first-order chi connectivity index (χ1) is 11.3. The molecule has 0 saturated carbocycles. The number of carbonyl (C=O) groups is 1. The summed E-state index contributed by atoms with van der Waals surface area (Å²) in [4.78, 5) is 12.1. The molecule has 24 heavy (non-hydrogen) atoms. The molecular formula is C16H16Cl2N2O3S. The summed E-state index contributed by atoms with van der Waals surface area (Å²) < 4.78 is 27.1. The van der Waals surface area contributed by atoms with E-state index in [0.717, 1.165) is 6.42 Å². The summed E-state index contributed by atoms with van der Waals surface area (Å²) in [6.07, 6.45) is 0.784. The zero-order chi connectivity index (χ0) is 17.7. The molecule has 128 valence electrons. The van der Waals surface area contributed by atoms with Crippen molar-refractivity contribution < 1.29 is 13.2 Å². The van der Waals surface area contributed by atoms with Crippen molar-refractivity contribution >= 4 is 44.8 Å². The van der Waals surface area contributed by atoms with Gasteiger partial charge in [-0.05, 0) is 48.9 Å². The fourth-order valence-electron chi connectivity index (χ4n) is 1.92. The van der Waals surface area contributed by atoms with Gasteiger partial charge in [-0.2, -0.15) is 0 Å². The van der Waals surface area contributed by atoms with E-state index in [2.05, 4.69) is 10.0 Å². The Hall–Kier alpha value is -1.76. The van der Waals surface area contributed by atoms with Crippen molar-refractivity contribution in [1.82, 2.24) is 5.32 Å². The quantitative estimate of drug-likeness (QED) is 0.789. The molecule has 0 radical (unpaired) electrons. The largest absolute Gasteiger partial charge is 0.352 e. The highest BCUT2D eigenvalue weighted by Crippen LogP contribution is 2.23. The third-order valence-electron chi connectivity index (χ3n) is 3.12. The van der Waals surface area contributed by atoms with Crippen LogP contribution >= 0.6 is 23.2 Å². The first-order valence-corrected chi connectivity index (χ1v) is 9.43. The number of nitrogens with one attached hydrogen (secondary N) is 2. The van der Waals surface area contributed by atoms with E-state index in [4.69, 9.17) is 23.2 Å². The zero-order valence-electron chi connectivity index (χ0n) is 12.8. The number of hydrogen-bond acceptors (Lipinski definition) is 3. The first kappa shape index (κ1) is 18.6. The maximum absolute atomic E-state index is 12.4. The Morgan fingerprint density at radius 2 is 1.75 bits per heavy atom. The van der Waals surface area contributed by atoms with Crippen LogP contribution < -0.4 is 10.0 Å². The van der Waals surface area contributed by atoms with Crippen LogP contribution in [0.25, 0.3) is 0 Å². The summed E-state index contributed by atoms with van der Waals surface area (Å²) in [5, 5.41) is 3.39. The van der Waals surface area contributed by atoms with Gasteiger partial charge in [0.1, 0.15) is 0 Å². The monoisotopic (exact) mass is 386 g/mol. The van der Waals surface area contributed by atoms with Gasteiger partial charge in [0, 0.05) is 17.3 Å². The van der Waals surface area contributed by atoms with E-state index in [0.29, 0.717) is 11.6 Å². The zero-order valence-corrected chi connectivity index (χ0v) is 15.2. The third-order valence-corrected chi connectivity index (χ3v) is 5.10. The van der Waals surface area contributed by atoms with Crippen LogP contribution in [0.5, 0.6) is 0 Å². The lowest BCUT2D eigenvalue weighted by molar-refractivity contribution is 0.0954. The van der Waals surface area contributed by atoms with Crippen LogP contribution in [0.1, 0.15) is 23.7 Å². The molecule has 0 aliphatic carbocycles. The van der Waals surface area contributed by atoms with E-state index in [1.54, 1.807) is 0 Å². The maximum atomic E-state index is 12.4. The van der Waals surface area contributed by atoms with Crippen LogP contribution in [0, 0.1) is 0 Å². The average molecular weight is 387 g/mol. The second-order valence-corrected chi connectivity index (χ2v) is 7.54. The molecule has 0 heterocycles. The van der Waals surface area contributed by atoms with E-state index in [1.807, 2.05) is 6.92 Å². The first-order valence-electron chi connectivity index (χ1n) is 7.19. The molecule has 0 bridgehead atoms. The summed E-state index contributed by atoms with van der Waals surface area (Å²) >= 11 is 11.8. The summed E-state index contributed by atoms with van der Waals surface area (Å²) in [6, 6.07) is 10.1. The second kappa shape index (κ2) is 7.88. The van der Waals surface area contributed by atoms with Crippen LogP contribution in [0.4, 0.5) is 5.69 Å². The molecule has 8 heteroatoms. The lowest BCUT2D eigenvalue weighted by atomic mass is 10.2. The molecule has 0 atom stereocenters. The number of hydrogen-bond donors (Lipinski definition) is 2. The smallest absolute Gasteiger partial charge is 0.261 e. The molecule has 0 fully saturated rings. The Bertz CT molecular complexity index is 837. The van der Waals surface area contributed by atoms with Crippen LogP contribution in [0.15, 0.2) is 47.4 Å². The lowest BCUT2D eigenvalue weighted by Crippen LogP contribution is -2.24. The van der Waals surface area contributed by atoms with Crippen LogP contribution in [0.2, 0.25) is 10.0 Å². The highest BCUT2D eigenvalue weighted by Gasteiger charge is 2.16. The molecule has 0 aromatic heterocycles. The molecular weight excluding hydrogens is 371 g/mol. The Labute approximate surface area is 151 Å². The van der Waals surface area contributed by atoms with Crippen molar-refractivity contribution in [2.45, 2.75) is 18.2 Å². The summed E-state index contributed by atoms with van der Waals surface area (Å²) in [5.74, 6) is -0.352. The third kappa shape index (κ3) is 4.63. The highest BCUT2D eigenvalue weighted by atomic mass is 35.5. The van der Waals surface area contributed by atoms with Crippen molar-refractivity contribution in [2.24, 2.45) is 0 Å². The highest BCUT2D eigenvalue weighted by molar-refractivity contribution is 7.92. The van der Waals surface area contributed by atoms with Crippen molar-refractivity contribution in [1.29, 1.82) is 0 Å². The number of benzene rings is 2. The van der Waals surface area contributed by atoms with Gasteiger partial charge < -0.3 is 5.32 Å². The summed E-state index contributed by atoms with van der Waals surface area (Å²) in [5.41, 5.74) is 0.456. The molecule has 2 aromatic carbocycles. The van der Waals surface area contributed by atoms with Gasteiger partial charge in [-0.15, -0.1) is 0 Å². The number of carbonyl (C=O) groups excluding carboxylic acids is 1. The number of amides is 1. The van der Waals surface area contributed by atoms with Crippen LogP contribution in [0.3, 0.4) is 0 Å². The molecule has 0 aliphatic heterocycles. The van der Waals surface area contributed by atoms with E-state index in [-0.39, 0.29) is 27.1 Å². The van der Waals surface area contributed by atoms with E-state index >= 15 is 0 Å². The predicted molar refractivity (Wildman–Crippen MR) is 96.3 cm³/mol. The van der Waals surface area contributed by atoms with Gasteiger partial charge in [-0.1, -0.05) is 30.1 Å². The summed E-state index contributed by atoms with van der Waals surface area (Å²) in [7, 11) is -3.79. The molecule has 0 spiro atoms. The standard InChI is InChI=1S/C16H16Cl2N2O3S/c1-2-9-19-16(21)14-10-12(5-8-15(14)18)20-24(22,23)13-6-3-11(17)4-7-13/h3-8,10,20H,2,9H2,1H3,(H,19,21). The minimum atomic E-state index is -3.79. The normalized spacial score (nSPS) is 11.1. The van der Waals surface area contributed by atoms with E-state index in [9.17, 15) is 13.2 Å². The molecule has 2 aromatic rings. The Balaban J connectivity index is 2.26. The molecule has 0 saturated heterocycles. The molecule has 0 aliphatic rings. The Kier molecular flexibility index (Phi) is 6.10. The van der Waals surface area contributed by atoms with Gasteiger partial charge in [0.25, 0.3) is 15.9 Å². The number of rotatable bonds is 6.